The van der Waals surface area contributed by atoms with Crippen molar-refractivity contribution in [2.75, 3.05) is 6.61 Å². The molecule has 1 aliphatic carbocycles. The zero-order valence-electron chi connectivity index (χ0n) is 14.2. The number of halogens is 1. The standard InChI is InChI=1S/C20H29FO/c1-13-4-7-16(8-5-13)17-9-11-19(22-12-17)18-10-6-14(2)15(3)20(18)21/h6,10,13,16-17,19H,4-5,7-9,11-12H2,1-3H3. The van der Waals surface area contributed by atoms with E-state index >= 15 is 0 Å². The summed E-state index contributed by atoms with van der Waals surface area (Å²) in [6, 6.07) is 3.94. The van der Waals surface area contributed by atoms with Crippen LogP contribution < -0.4 is 0 Å². The SMILES string of the molecule is Cc1ccc(C2CCC(C3CCC(C)CC3)CO2)c(F)c1C. The van der Waals surface area contributed by atoms with Gasteiger partial charge in [0.25, 0.3) is 0 Å². The van der Waals surface area contributed by atoms with E-state index in [0.29, 0.717) is 5.92 Å². The van der Waals surface area contributed by atoms with E-state index in [1.165, 1.54) is 32.1 Å². The van der Waals surface area contributed by atoms with Gasteiger partial charge < -0.3 is 4.74 Å². The maximum Gasteiger partial charge on any atom is 0.132 e. The van der Waals surface area contributed by atoms with Gasteiger partial charge in [-0.05, 0) is 68.4 Å². The quantitative estimate of drug-likeness (QED) is 0.677. The second-order valence-corrected chi connectivity index (χ2v) is 7.59. The molecular weight excluding hydrogens is 275 g/mol. The first-order valence-corrected chi connectivity index (χ1v) is 8.93. The zero-order chi connectivity index (χ0) is 15.7. The van der Waals surface area contributed by atoms with Crippen LogP contribution in [0.1, 0.15) is 68.2 Å². The largest absolute Gasteiger partial charge is 0.373 e. The third-order valence-corrected chi connectivity index (χ3v) is 6.07. The molecule has 0 bridgehead atoms. The summed E-state index contributed by atoms with van der Waals surface area (Å²) in [5.74, 6) is 2.37. The van der Waals surface area contributed by atoms with Gasteiger partial charge in [0.2, 0.25) is 0 Å². The maximum atomic E-state index is 14.5. The van der Waals surface area contributed by atoms with Crippen molar-refractivity contribution in [1.82, 2.24) is 0 Å². The van der Waals surface area contributed by atoms with Crippen LogP contribution in [0.2, 0.25) is 0 Å². The molecule has 1 nitrogen and oxygen atoms in total. The normalized spacial score (nSPS) is 32.9. The Hall–Kier alpha value is -0.890. The van der Waals surface area contributed by atoms with Gasteiger partial charge in [0.1, 0.15) is 5.82 Å². The molecule has 0 radical (unpaired) electrons. The highest BCUT2D eigenvalue weighted by molar-refractivity contribution is 5.33. The first kappa shape index (κ1) is 16.0. The van der Waals surface area contributed by atoms with E-state index in [0.717, 1.165) is 41.6 Å². The molecule has 2 atom stereocenters. The van der Waals surface area contributed by atoms with Crippen molar-refractivity contribution in [2.24, 2.45) is 17.8 Å². The first-order valence-electron chi connectivity index (χ1n) is 8.93. The molecule has 0 N–H and O–H groups in total. The average molecular weight is 304 g/mol. The van der Waals surface area contributed by atoms with Crippen LogP contribution in [0.15, 0.2) is 12.1 Å². The van der Waals surface area contributed by atoms with Crippen LogP contribution in [0.25, 0.3) is 0 Å². The van der Waals surface area contributed by atoms with E-state index in [-0.39, 0.29) is 11.9 Å². The topological polar surface area (TPSA) is 9.23 Å². The summed E-state index contributed by atoms with van der Waals surface area (Å²) < 4.78 is 20.6. The molecule has 1 heterocycles. The van der Waals surface area contributed by atoms with Gasteiger partial charge in [-0.3, -0.25) is 0 Å². The Balaban J connectivity index is 1.61. The Labute approximate surface area is 134 Å². The summed E-state index contributed by atoms with van der Waals surface area (Å²) >= 11 is 0. The summed E-state index contributed by atoms with van der Waals surface area (Å²) in [5.41, 5.74) is 2.55. The fourth-order valence-corrected chi connectivity index (χ4v) is 4.20. The average Bonchev–Trinajstić information content (AvgIpc) is 2.54. The van der Waals surface area contributed by atoms with Crippen molar-refractivity contribution in [2.45, 2.75) is 65.4 Å². The number of hydrogen-bond donors (Lipinski definition) is 0. The van der Waals surface area contributed by atoms with Gasteiger partial charge in [-0.1, -0.05) is 31.9 Å². The minimum absolute atomic E-state index is 0.0435. The minimum Gasteiger partial charge on any atom is -0.373 e. The lowest BCUT2D eigenvalue weighted by molar-refractivity contribution is -0.0414. The predicted octanol–water partition coefficient (Wildman–Crippen LogP) is 5.74. The van der Waals surface area contributed by atoms with Gasteiger partial charge in [-0.2, -0.15) is 0 Å². The van der Waals surface area contributed by atoms with Crippen molar-refractivity contribution in [3.8, 4) is 0 Å². The fraction of sp³-hybridized carbons (Fsp3) is 0.700. The molecule has 2 fully saturated rings. The molecule has 0 aromatic heterocycles. The van der Waals surface area contributed by atoms with Crippen LogP contribution in [0, 0.1) is 37.4 Å². The fourth-order valence-electron chi connectivity index (χ4n) is 4.20. The lowest BCUT2D eigenvalue weighted by Crippen LogP contribution is -2.29. The lowest BCUT2D eigenvalue weighted by atomic mass is 9.74. The van der Waals surface area contributed by atoms with E-state index in [1.807, 2.05) is 26.0 Å². The molecule has 22 heavy (non-hydrogen) atoms. The summed E-state index contributed by atoms with van der Waals surface area (Å²) in [6.07, 6.45) is 7.58. The second-order valence-electron chi connectivity index (χ2n) is 7.59. The summed E-state index contributed by atoms with van der Waals surface area (Å²) in [4.78, 5) is 0. The van der Waals surface area contributed by atoms with E-state index < -0.39 is 0 Å². The molecule has 122 valence electrons. The van der Waals surface area contributed by atoms with Gasteiger partial charge in [0, 0.05) is 5.56 Å². The number of aryl methyl sites for hydroxylation is 1. The molecule has 1 saturated heterocycles. The number of benzene rings is 1. The summed E-state index contributed by atoms with van der Waals surface area (Å²) in [5, 5.41) is 0. The van der Waals surface area contributed by atoms with E-state index in [2.05, 4.69) is 6.92 Å². The molecule has 1 aromatic rings. The smallest absolute Gasteiger partial charge is 0.132 e. The summed E-state index contributed by atoms with van der Waals surface area (Å²) in [7, 11) is 0. The van der Waals surface area contributed by atoms with Crippen LogP contribution in [0.5, 0.6) is 0 Å². The molecule has 1 aliphatic heterocycles. The van der Waals surface area contributed by atoms with E-state index in [9.17, 15) is 4.39 Å². The number of rotatable bonds is 2. The molecule has 2 heteroatoms. The Morgan fingerprint density at radius 2 is 1.64 bits per heavy atom. The minimum atomic E-state index is -0.0602. The van der Waals surface area contributed by atoms with E-state index in [4.69, 9.17) is 4.74 Å². The third kappa shape index (κ3) is 3.22. The molecule has 1 aromatic carbocycles. The summed E-state index contributed by atoms with van der Waals surface area (Å²) in [6.45, 7) is 7.01. The Kier molecular flexibility index (Phi) is 4.87. The van der Waals surface area contributed by atoms with Crippen LogP contribution in [0.4, 0.5) is 4.39 Å². The van der Waals surface area contributed by atoms with Gasteiger partial charge in [-0.15, -0.1) is 0 Å². The van der Waals surface area contributed by atoms with Crippen molar-refractivity contribution < 1.29 is 9.13 Å². The molecule has 2 aliphatic rings. The second kappa shape index (κ2) is 6.70. The Morgan fingerprint density at radius 1 is 0.955 bits per heavy atom. The van der Waals surface area contributed by atoms with Crippen LogP contribution in [-0.4, -0.2) is 6.61 Å². The Morgan fingerprint density at radius 3 is 2.27 bits per heavy atom. The van der Waals surface area contributed by atoms with E-state index in [1.54, 1.807) is 0 Å². The number of ether oxygens (including phenoxy) is 1. The molecule has 0 amide bonds. The molecular formula is C20H29FO. The van der Waals surface area contributed by atoms with Crippen LogP contribution in [0.3, 0.4) is 0 Å². The highest BCUT2D eigenvalue weighted by Gasteiger charge is 2.32. The first-order chi connectivity index (χ1) is 10.6. The molecule has 0 spiro atoms. The Bertz CT molecular complexity index is 509. The van der Waals surface area contributed by atoms with Gasteiger partial charge in [-0.25, -0.2) is 4.39 Å². The third-order valence-electron chi connectivity index (χ3n) is 6.07. The molecule has 1 saturated carbocycles. The van der Waals surface area contributed by atoms with Gasteiger partial charge in [0.15, 0.2) is 0 Å². The number of hydrogen-bond acceptors (Lipinski definition) is 1. The monoisotopic (exact) mass is 304 g/mol. The van der Waals surface area contributed by atoms with Crippen molar-refractivity contribution in [3.63, 3.8) is 0 Å². The van der Waals surface area contributed by atoms with Crippen LogP contribution in [-0.2, 0) is 4.74 Å². The van der Waals surface area contributed by atoms with Crippen LogP contribution >= 0.6 is 0 Å². The lowest BCUT2D eigenvalue weighted by Gasteiger charge is -2.37. The van der Waals surface area contributed by atoms with Gasteiger partial charge >= 0.3 is 0 Å². The van der Waals surface area contributed by atoms with Crippen molar-refractivity contribution in [3.05, 3.63) is 34.6 Å². The highest BCUT2D eigenvalue weighted by atomic mass is 19.1. The van der Waals surface area contributed by atoms with Crippen molar-refractivity contribution >= 4 is 0 Å². The van der Waals surface area contributed by atoms with Gasteiger partial charge in [0.05, 0.1) is 12.7 Å². The highest BCUT2D eigenvalue weighted by Crippen LogP contribution is 2.41. The predicted molar refractivity (Wildman–Crippen MR) is 88.4 cm³/mol. The molecule has 2 unspecified atom stereocenters. The molecule has 3 rings (SSSR count). The van der Waals surface area contributed by atoms with Crippen molar-refractivity contribution in [1.29, 1.82) is 0 Å². The maximum absolute atomic E-state index is 14.5. The zero-order valence-corrected chi connectivity index (χ0v) is 14.2.